The molecule has 11 nitrogen and oxygen atoms in total. The van der Waals surface area contributed by atoms with Crippen LogP contribution in [0.3, 0.4) is 0 Å². The van der Waals surface area contributed by atoms with Gasteiger partial charge in [-0.25, -0.2) is 9.69 Å². The standard InChI is InChI=1S/C33H42N4O7/c1-5-8-26(24-11-14-27-28(19-24)43-21-42-27)34-32(41)37-29(39)20-33(6-2,7-3)31(37)44-25-12-9-23(10-13-25)30(40)36-17-15-35(16-18-36)22(4)38/h9-14,19,26,31H,5-8,15-18,20-21H2,1-4H3,(H,34,41)/t26-,31+/m1/s1. The van der Waals surface area contributed by atoms with Crippen molar-refractivity contribution in [2.75, 3.05) is 33.0 Å². The Morgan fingerprint density at radius 1 is 0.955 bits per heavy atom. The van der Waals surface area contributed by atoms with Gasteiger partial charge in [-0.1, -0.05) is 33.3 Å². The van der Waals surface area contributed by atoms with Gasteiger partial charge in [0.1, 0.15) is 5.75 Å². The number of amides is 5. The first-order valence-corrected chi connectivity index (χ1v) is 15.5. The Morgan fingerprint density at radius 3 is 2.25 bits per heavy atom. The molecule has 2 aromatic carbocycles. The molecule has 5 amide bonds. The van der Waals surface area contributed by atoms with Crippen molar-refractivity contribution in [3.63, 3.8) is 0 Å². The maximum atomic E-state index is 13.8. The van der Waals surface area contributed by atoms with E-state index in [0.717, 1.165) is 12.0 Å². The fraction of sp³-hybridized carbons (Fsp3) is 0.515. The average molecular weight is 607 g/mol. The Morgan fingerprint density at radius 2 is 1.61 bits per heavy atom. The maximum Gasteiger partial charge on any atom is 0.327 e. The topological polar surface area (TPSA) is 118 Å². The van der Waals surface area contributed by atoms with Crippen LogP contribution in [0.25, 0.3) is 0 Å². The minimum absolute atomic E-state index is 0.00997. The number of rotatable bonds is 9. The number of imide groups is 1. The number of piperazine rings is 1. The number of urea groups is 1. The lowest BCUT2D eigenvalue weighted by Crippen LogP contribution is -2.51. The van der Waals surface area contributed by atoms with Crippen LogP contribution in [0.1, 0.15) is 81.8 Å². The zero-order valence-electron chi connectivity index (χ0n) is 26.0. The number of ether oxygens (including phenoxy) is 3. The van der Waals surface area contributed by atoms with Gasteiger partial charge in [0, 0.05) is 50.5 Å². The molecule has 5 rings (SSSR count). The lowest BCUT2D eigenvalue weighted by atomic mass is 9.80. The van der Waals surface area contributed by atoms with E-state index < -0.39 is 17.7 Å². The van der Waals surface area contributed by atoms with Gasteiger partial charge in [0.25, 0.3) is 5.91 Å². The SMILES string of the molecule is CCC[C@@H](NC(=O)N1C(=O)CC(CC)(CC)[C@@H]1Oc1ccc(C(=O)N2CCN(C(C)=O)CC2)cc1)c1ccc2c(c1)OCO2. The number of nitrogens with one attached hydrogen (secondary N) is 1. The lowest BCUT2D eigenvalue weighted by Gasteiger charge is -2.36. The van der Waals surface area contributed by atoms with E-state index in [2.05, 4.69) is 5.32 Å². The Labute approximate surface area is 258 Å². The predicted octanol–water partition coefficient (Wildman–Crippen LogP) is 4.71. The molecule has 11 heteroatoms. The molecule has 3 heterocycles. The van der Waals surface area contributed by atoms with Gasteiger partial charge in [0.05, 0.1) is 6.04 Å². The first kappa shape index (κ1) is 31.2. The second-order valence-electron chi connectivity index (χ2n) is 11.7. The van der Waals surface area contributed by atoms with Crippen LogP contribution in [0.15, 0.2) is 42.5 Å². The van der Waals surface area contributed by atoms with Crippen LogP contribution in [0, 0.1) is 5.41 Å². The summed E-state index contributed by atoms with van der Waals surface area (Å²) >= 11 is 0. The Balaban J connectivity index is 1.32. The molecule has 44 heavy (non-hydrogen) atoms. The summed E-state index contributed by atoms with van der Waals surface area (Å²) in [5.41, 5.74) is 0.820. The van der Waals surface area contributed by atoms with Crippen LogP contribution < -0.4 is 19.5 Å². The molecule has 2 saturated heterocycles. The minimum Gasteiger partial charge on any atom is -0.469 e. The van der Waals surface area contributed by atoms with Crippen LogP contribution in [-0.2, 0) is 9.59 Å². The Kier molecular flexibility index (Phi) is 9.31. The van der Waals surface area contributed by atoms with Gasteiger partial charge >= 0.3 is 6.03 Å². The molecule has 0 aliphatic carbocycles. The normalized spacial score (nSPS) is 19.6. The van der Waals surface area contributed by atoms with Crippen LogP contribution >= 0.6 is 0 Å². The summed E-state index contributed by atoms with van der Waals surface area (Å²) in [5, 5.41) is 3.09. The van der Waals surface area contributed by atoms with Crippen molar-refractivity contribution < 1.29 is 33.4 Å². The first-order chi connectivity index (χ1) is 21.2. The summed E-state index contributed by atoms with van der Waals surface area (Å²) in [5.74, 6) is 1.38. The number of likely N-dealkylation sites (tertiary alicyclic amines) is 1. The molecule has 0 radical (unpaired) electrons. The summed E-state index contributed by atoms with van der Waals surface area (Å²) in [6.45, 7) is 9.74. The maximum absolute atomic E-state index is 13.8. The fourth-order valence-electron chi connectivity index (χ4n) is 6.30. The quantitative estimate of drug-likeness (QED) is 0.439. The zero-order valence-corrected chi connectivity index (χ0v) is 26.0. The van der Waals surface area contributed by atoms with E-state index in [-0.39, 0.29) is 37.0 Å². The summed E-state index contributed by atoms with van der Waals surface area (Å²) in [4.78, 5) is 56.7. The van der Waals surface area contributed by atoms with Crippen molar-refractivity contribution in [1.82, 2.24) is 20.0 Å². The predicted molar refractivity (Wildman–Crippen MR) is 162 cm³/mol. The number of fused-ring (bicyclic) bond motifs is 1. The summed E-state index contributed by atoms with van der Waals surface area (Å²) < 4.78 is 17.4. The van der Waals surface area contributed by atoms with Crippen molar-refractivity contribution in [3.05, 3.63) is 53.6 Å². The number of carbonyl (C=O) groups is 4. The Bertz CT molecular complexity index is 1380. The highest BCUT2D eigenvalue weighted by molar-refractivity contribution is 5.97. The van der Waals surface area contributed by atoms with E-state index in [4.69, 9.17) is 14.2 Å². The third-order valence-corrected chi connectivity index (χ3v) is 9.19. The van der Waals surface area contributed by atoms with Crippen LogP contribution in [-0.4, -0.2) is 77.7 Å². The highest BCUT2D eigenvalue weighted by atomic mass is 16.7. The smallest absolute Gasteiger partial charge is 0.327 e. The van der Waals surface area contributed by atoms with Crippen molar-refractivity contribution >= 4 is 23.8 Å². The van der Waals surface area contributed by atoms with Gasteiger partial charge in [0.15, 0.2) is 17.7 Å². The largest absolute Gasteiger partial charge is 0.469 e. The van der Waals surface area contributed by atoms with E-state index in [1.165, 1.54) is 11.8 Å². The average Bonchev–Trinajstić information content (AvgIpc) is 3.62. The number of hydrogen-bond acceptors (Lipinski definition) is 7. The molecule has 2 atom stereocenters. The zero-order chi connectivity index (χ0) is 31.4. The van der Waals surface area contributed by atoms with Crippen LogP contribution in [0.4, 0.5) is 4.79 Å². The number of benzene rings is 2. The molecule has 1 N–H and O–H groups in total. The van der Waals surface area contributed by atoms with Gasteiger partial charge in [-0.2, -0.15) is 0 Å². The summed E-state index contributed by atoms with van der Waals surface area (Å²) in [6.07, 6.45) is 2.16. The highest BCUT2D eigenvalue weighted by Crippen LogP contribution is 2.45. The lowest BCUT2D eigenvalue weighted by molar-refractivity contribution is -0.130. The number of nitrogens with zero attached hydrogens (tertiary/aromatic N) is 3. The fourth-order valence-corrected chi connectivity index (χ4v) is 6.30. The molecule has 0 aromatic heterocycles. The van der Waals surface area contributed by atoms with Crippen molar-refractivity contribution in [1.29, 1.82) is 0 Å². The van der Waals surface area contributed by atoms with E-state index in [1.54, 1.807) is 34.1 Å². The summed E-state index contributed by atoms with van der Waals surface area (Å²) in [6, 6.07) is 11.6. The molecular weight excluding hydrogens is 564 g/mol. The van der Waals surface area contributed by atoms with E-state index in [9.17, 15) is 19.2 Å². The van der Waals surface area contributed by atoms with Gasteiger partial charge in [-0.15, -0.1) is 0 Å². The van der Waals surface area contributed by atoms with Crippen LogP contribution in [0.5, 0.6) is 17.2 Å². The third kappa shape index (κ3) is 6.18. The molecule has 0 saturated carbocycles. The Hall–Kier alpha value is -4.28. The third-order valence-electron chi connectivity index (χ3n) is 9.19. The first-order valence-electron chi connectivity index (χ1n) is 15.5. The van der Waals surface area contributed by atoms with Gasteiger partial charge in [-0.3, -0.25) is 14.4 Å². The van der Waals surface area contributed by atoms with E-state index >= 15 is 0 Å². The summed E-state index contributed by atoms with van der Waals surface area (Å²) in [7, 11) is 0. The second kappa shape index (κ2) is 13.2. The van der Waals surface area contributed by atoms with Crippen LogP contribution in [0.2, 0.25) is 0 Å². The van der Waals surface area contributed by atoms with Crippen molar-refractivity contribution in [2.45, 2.75) is 72.1 Å². The second-order valence-corrected chi connectivity index (χ2v) is 11.7. The van der Waals surface area contributed by atoms with Gasteiger partial charge in [0.2, 0.25) is 18.6 Å². The van der Waals surface area contributed by atoms with Gasteiger partial charge in [-0.05, 0) is 61.2 Å². The molecule has 2 fully saturated rings. The molecule has 3 aliphatic rings. The molecule has 0 unspecified atom stereocenters. The van der Waals surface area contributed by atoms with E-state index in [0.29, 0.717) is 68.3 Å². The highest BCUT2D eigenvalue weighted by Gasteiger charge is 2.54. The molecule has 236 valence electrons. The molecule has 0 bridgehead atoms. The molecular formula is C33H42N4O7. The monoisotopic (exact) mass is 606 g/mol. The van der Waals surface area contributed by atoms with E-state index in [1.807, 2.05) is 39.0 Å². The molecule has 3 aliphatic heterocycles. The van der Waals surface area contributed by atoms with Crippen molar-refractivity contribution in [3.8, 4) is 17.2 Å². The minimum atomic E-state index is -0.815. The van der Waals surface area contributed by atoms with Crippen molar-refractivity contribution in [2.24, 2.45) is 5.41 Å². The molecule has 2 aromatic rings. The van der Waals surface area contributed by atoms with Gasteiger partial charge < -0.3 is 29.3 Å². The molecule has 0 spiro atoms. The number of carbonyl (C=O) groups excluding carboxylic acids is 4. The number of hydrogen-bond donors (Lipinski definition) is 1.